The molecule has 1 aromatic heterocycles. The number of hydrogen-bond acceptors (Lipinski definition) is 5. The van der Waals surface area contributed by atoms with Gasteiger partial charge in [-0.25, -0.2) is 4.79 Å². The van der Waals surface area contributed by atoms with Gasteiger partial charge in [0.2, 0.25) is 0 Å². The molecule has 7 heteroatoms. The smallest absolute Gasteiger partial charge is 0.341 e. The predicted octanol–water partition coefficient (Wildman–Crippen LogP) is 0.811. The van der Waals surface area contributed by atoms with Crippen LogP contribution in [-0.4, -0.2) is 46.4 Å². The molecule has 0 bridgehead atoms. The van der Waals surface area contributed by atoms with E-state index >= 15 is 0 Å². The van der Waals surface area contributed by atoms with Gasteiger partial charge < -0.3 is 25.8 Å². The number of carboxylic acid groups (broad SMARTS) is 1. The van der Waals surface area contributed by atoms with Crippen LogP contribution in [0.1, 0.15) is 22.8 Å². The van der Waals surface area contributed by atoms with Gasteiger partial charge in [0.1, 0.15) is 5.56 Å². The van der Waals surface area contributed by atoms with Gasteiger partial charge in [-0.05, 0) is 35.7 Å². The number of hydrogen-bond donors (Lipinski definition) is 4. The maximum Gasteiger partial charge on any atom is 0.341 e. The van der Waals surface area contributed by atoms with E-state index in [9.17, 15) is 14.7 Å². The van der Waals surface area contributed by atoms with Gasteiger partial charge in [0, 0.05) is 24.8 Å². The van der Waals surface area contributed by atoms with Gasteiger partial charge in [-0.3, -0.25) is 4.79 Å². The Morgan fingerprint density at radius 1 is 1.32 bits per heavy atom. The minimum atomic E-state index is -1.23. The summed E-state index contributed by atoms with van der Waals surface area (Å²) in [6.07, 6.45) is 0.0627. The third kappa shape index (κ3) is 3.29. The lowest BCUT2D eigenvalue weighted by Crippen LogP contribution is -2.32. The molecule has 1 aliphatic rings. The van der Waals surface area contributed by atoms with Gasteiger partial charge in [0.15, 0.2) is 0 Å². The van der Waals surface area contributed by atoms with Crippen molar-refractivity contribution in [3.05, 3.63) is 51.8 Å². The highest BCUT2D eigenvalue weighted by molar-refractivity contribution is 5.88. The normalized spacial score (nSPS) is 20.0. The molecule has 0 aliphatic carbocycles. The second-order valence-electron chi connectivity index (χ2n) is 6.25. The molecule has 3 rings (SSSR count). The van der Waals surface area contributed by atoms with Crippen molar-refractivity contribution < 1.29 is 15.0 Å². The number of pyridine rings is 1. The van der Waals surface area contributed by atoms with Gasteiger partial charge >= 0.3 is 5.97 Å². The molecule has 0 spiro atoms. The summed E-state index contributed by atoms with van der Waals surface area (Å²) in [5, 5.41) is 18.9. The average molecular weight is 343 g/mol. The summed E-state index contributed by atoms with van der Waals surface area (Å²) in [5.41, 5.74) is 8.12. The van der Waals surface area contributed by atoms with Crippen LogP contribution < -0.4 is 16.2 Å². The number of nitrogens with zero attached hydrogens (tertiary/aromatic N) is 1. The SMILES string of the molecule is CCc1cc(C(=O)O)c(=O)[nH]c1-c1ccc(N2CC(N)C(O)C2)cc1. The fourth-order valence-corrected chi connectivity index (χ4v) is 3.13. The van der Waals surface area contributed by atoms with Gasteiger partial charge in [-0.1, -0.05) is 19.1 Å². The molecule has 2 unspecified atom stereocenters. The number of carboxylic acids is 1. The zero-order valence-corrected chi connectivity index (χ0v) is 13.9. The highest BCUT2D eigenvalue weighted by atomic mass is 16.4. The Morgan fingerprint density at radius 3 is 2.52 bits per heavy atom. The zero-order chi connectivity index (χ0) is 18.1. The molecule has 1 aromatic carbocycles. The van der Waals surface area contributed by atoms with E-state index in [1.54, 1.807) is 0 Å². The number of aliphatic hydroxyl groups is 1. The minimum Gasteiger partial charge on any atom is -0.477 e. The summed E-state index contributed by atoms with van der Waals surface area (Å²) in [4.78, 5) is 27.8. The number of anilines is 1. The molecule has 1 saturated heterocycles. The van der Waals surface area contributed by atoms with Crippen LogP contribution in [0.25, 0.3) is 11.3 Å². The van der Waals surface area contributed by atoms with E-state index in [1.807, 2.05) is 36.1 Å². The van der Waals surface area contributed by atoms with Gasteiger partial charge in [-0.2, -0.15) is 0 Å². The number of rotatable bonds is 4. The molecule has 1 fully saturated rings. The van der Waals surface area contributed by atoms with Crippen molar-refractivity contribution in [2.75, 3.05) is 18.0 Å². The molecule has 1 aliphatic heterocycles. The Balaban J connectivity index is 1.94. The average Bonchev–Trinajstić information content (AvgIpc) is 2.93. The van der Waals surface area contributed by atoms with E-state index in [0.29, 0.717) is 25.2 Å². The predicted molar refractivity (Wildman–Crippen MR) is 95.0 cm³/mol. The molecule has 0 radical (unpaired) electrons. The Hall–Kier alpha value is -2.64. The van der Waals surface area contributed by atoms with E-state index in [2.05, 4.69) is 4.98 Å². The van der Waals surface area contributed by atoms with Crippen LogP contribution in [0.2, 0.25) is 0 Å². The van der Waals surface area contributed by atoms with Crippen molar-refractivity contribution >= 4 is 11.7 Å². The van der Waals surface area contributed by atoms with E-state index in [0.717, 1.165) is 16.8 Å². The molecule has 25 heavy (non-hydrogen) atoms. The first-order valence-electron chi connectivity index (χ1n) is 8.19. The lowest BCUT2D eigenvalue weighted by atomic mass is 10.0. The number of nitrogens with two attached hydrogens (primary N) is 1. The van der Waals surface area contributed by atoms with Crippen molar-refractivity contribution in [3.8, 4) is 11.3 Å². The largest absolute Gasteiger partial charge is 0.477 e. The van der Waals surface area contributed by atoms with Crippen molar-refractivity contribution in [1.29, 1.82) is 0 Å². The van der Waals surface area contributed by atoms with E-state index in [1.165, 1.54) is 6.07 Å². The van der Waals surface area contributed by atoms with Crippen LogP contribution >= 0.6 is 0 Å². The second kappa shape index (κ2) is 6.70. The summed E-state index contributed by atoms with van der Waals surface area (Å²) < 4.78 is 0. The number of H-pyrrole nitrogens is 1. The first-order chi connectivity index (χ1) is 11.9. The Labute approximate surface area is 144 Å². The molecule has 7 nitrogen and oxygen atoms in total. The summed E-state index contributed by atoms with van der Waals surface area (Å²) in [5.74, 6) is -1.23. The number of aliphatic hydroxyl groups excluding tert-OH is 1. The monoisotopic (exact) mass is 343 g/mol. The van der Waals surface area contributed by atoms with Crippen molar-refractivity contribution in [2.45, 2.75) is 25.5 Å². The van der Waals surface area contributed by atoms with E-state index < -0.39 is 17.6 Å². The number of aromatic carboxylic acids is 1. The van der Waals surface area contributed by atoms with Crippen LogP contribution in [-0.2, 0) is 6.42 Å². The molecule has 0 amide bonds. The summed E-state index contributed by atoms with van der Waals surface area (Å²) in [6, 6.07) is 8.73. The highest BCUT2D eigenvalue weighted by Gasteiger charge is 2.28. The fourth-order valence-electron chi connectivity index (χ4n) is 3.13. The Bertz CT molecular complexity index is 834. The first kappa shape index (κ1) is 17.2. The van der Waals surface area contributed by atoms with Gasteiger partial charge in [-0.15, -0.1) is 0 Å². The number of carbonyl (C=O) groups is 1. The molecule has 132 valence electrons. The van der Waals surface area contributed by atoms with Crippen LogP contribution in [0.3, 0.4) is 0 Å². The topological polar surface area (TPSA) is 120 Å². The summed E-state index contributed by atoms with van der Waals surface area (Å²) in [6.45, 7) is 2.99. The maximum atomic E-state index is 12.0. The van der Waals surface area contributed by atoms with E-state index in [4.69, 9.17) is 10.8 Å². The second-order valence-corrected chi connectivity index (χ2v) is 6.25. The Morgan fingerprint density at radius 2 is 2.00 bits per heavy atom. The molecule has 2 atom stereocenters. The van der Waals surface area contributed by atoms with Gasteiger partial charge in [0.25, 0.3) is 5.56 Å². The number of aromatic amines is 1. The van der Waals surface area contributed by atoms with Crippen molar-refractivity contribution in [3.63, 3.8) is 0 Å². The molecular weight excluding hydrogens is 322 g/mol. The third-order valence-corrected chi connectivity index (χ3v) is 4.59. The third-order valence-electron chi connectivity index (χ3n) is 4.59. The molecule has 2 aromatic rings. The van der Waals surface area contributed by atoms with E-state index in [-0.39, 0.29) is 11.6 Å². The quantitative estimate of drug-likeness (QED) is 0.652. The molecule has 0 saturated carbocycles. The van der Waals surface area contributed by atoms with Crippen molar-refractivity contribution in [1.82, 2.24) is 4.98 Å². The fraction of sp³-hybridized carbons (Fsp3) is 0.333. The number of β-amino-alcohol motifs (C(OH)–C–C–N with tert-alkyl or cyclic N) is 1. The zero-order valence-electron chi connectivity index (χ0n) is 13.9. The van der Waals surface area contributed by atoms with Crippen molar-refractivity contribution in [2.24, 2.45) is 5.73 Å². The molecule has 2 heterocycles. The lowest BCUT2D eigenvalue weighted by molar-refractivity contribution is 0.0695. The van der Waals surface area contributed by atoms with Crippen LogP contribution in [0.15, 0.2) is 35.1 Å². The molecular formula is C18H21N3O4. The maximum absolute atomic E-state index is 12.0. The number of benzene rings is 1. The van der Waals surface area contributed by atoms with Crippen LogP contribution in [0.5, 0.6) is 0 Å². The Kier molecular flexibility index (Phi) is 4.61. The first-order valence-corrected chi connectivity index (χ1v) is 8.19. The minimum absolute atomic E-state index is 0.253. The highest BCUT2D eigenvalue weighted by Crippen LogP contribution is 2.26. The molecule has 5 N–H and O–H groups in total. The van der Waals surface area contributed by atoms with Crippen LogP contribution in [0.4, 0.5) is 5.69 Å². The number of aromatic nitrogens is 1. The van der Waals surface area contributed by atoms with Crippen LogP contribution in [0, 0.1) is 0 Å². The van der Waals surface area contributed by atoms with Gasteiger partial charge in [0.05, 0.1) is 11.8 Å². The lowest BCUT2D eigenvalue weighted by Gasteiger charge is -2.18. The summed E-state index contributed by atoms with van der Waals surface area (Å²) in [7, 11) is 0. The number of nitrogens with one attached hydrogen (secondary N) is 1. The standard InChI is InChI=1S/C18H21N3O4/c1-2-10-7-13(18(24)25)17(23)20-16(10)11-3-5-12(6-4-11)21-8-14(19)15(22)9-21/h3-7,14-15,22H,2,8-9,19H2,1H3,(H,20,23)(H,24,25). The number of aryl methyl sites for hydroxylation is 1. The summed E-state index contributed by atoms with van der Waals surface area (Å²) >= 11 is 0.